The summed E-state index contributed by atoms with van der Waals surface area (Å²) in [4.78, 5) is 4.85. The average Bonchev–Trinajstić information content (AvgIpc) is 2.70. The number of aromatic hydroxyl groups is 1. The molecule has 158 valence electrons. The molecule has 1 saturated heterocycles. The van der Waals surface area contributed by atoms with E-state index in [4.69, 9.17) is 10.5 Å². The van der Waals surface area contributed by atoms with Gasteiger partial charge < -0.3 is 25.8 Å². The van der Waals surface area contributed by atoms with Crippen molar-refractivity contribution >= 4 is 5.69 Å². The molecule has 2 aromatic rings. The molecule has 6 nitrogen and oxygen atoms in total. The van der Waals surface area contributed by atoms with E-state index in [-0.39, 0.29) is 11.7 Å². The van der Waals surface area contributed by atoms with E-state index in [1.807, 2.05) is 6.07 Å². The molecule has 1 atom stereocenters. The summed E-state index contributed by atoms with van der Waals surface area (Å²) in [6, 6.07) is 12.0. The van der Waals surface area contributed by atoms with E-state index < -0.39 is 6.17 Å². The third kappa shape index (κ3) is 5.41. The first-order chi connectivity index (χ1) is 13.9. The Morgan fingerprint density at radius 2 is 1.72 bits per heavy atom. The first-order valence-electron chi connectivity index (χ1n) is 10.3. The minimum Gasteiger partial charge on any atom is -0.507 e. The van der Waals surface area contributed by atoms with Crippen LogP contribution in [-0.2, 0) is 6.54 Å². The van der Waals surface area contributed by atoms with Crippen molar-refractivity contribution in [3.05, 3.63) is 53.1 Å². The zero-order valence-electron chi connectivity index (χ0n) is 18.0. The zero-order chi connectivity index (χ0) is 21.0. The second-order valence-corrected chi connectivity index (χ2v) is 8.21. The van der Waals surface area contributed by atoms with E-state index >= 15 is 0 Å². The fourth-order valence-electron chi connectivity index (χ4n) is 3.71. The van der Waals surface area contributed by atoms with Crippen LogP contribution < -0.4 is 15.8 Å². The van der Waals surface area contributed by atoms with E-state index in [1.54, 1.807) is 13.2 Å². The Morgan fingerprint density at radius 1 is 1.07 bits per heavy atom. The van der Waals surface area contributed by atoms with Crippen molar-refractivity contribution in [1.82, 2.24) is 9.80 Å². The van der Waals surface area contributed by atoms with Crippen LogP contribution in [0, 0.1) is 0 Å². The highest BCUT2D eigenvalue weighted by Crippen LogP contribution is 2.35. The van der Waals surface area contributed by atoms with Crippen LogP contribution in [0.3, 0.4) is 0 Å². The van der Waals surface area contributed by atoms with Gasteiger partial charge in [0.25, 0.3) is 0 Å². The summed E-state index contributed by atoms with van der Waals surface area (Å²) < 4.78 is 5.39. The van der Waals surface area contributed by atoms with Gasteiger partial charge >= 0.3 is 0 Å². The molecular weight excluding hydrogens is 364 g/mol. The Balaban J connectivity index is 1.66. The molecule has 1 aliphatic heterocycles. The van der Waals surface area contributed by atoms with Gasteiger partial charge in [-0.3, -0.25) is 4.90 Å². The first-order valence-corrected chi connectivity index (χ1v) is 10.3. The van der Waals surface area contributed by atoms with Crippen LogP contribution in [0.5, 0.6) is 11.5 Å². The van der Waals surface area contributed by atoms with Gasteiger partial charge in [-0.2, -0.15) is 0 Å². The normalized spacial score (nSPS) is 16.8. The van der Waals surface area contributed by atoms with Crippen molar-refractivity contribution in [3.63, 3.8) is 0 Å². The molecule has 3 rings (SSSR count). The molecule has 1 unspecified atom stereocenters. The van der Waals surface area contributed by atoms with Crippen molar-refractivity contribution in [3.8, 4) is 11.5 Å². The Bertz CT molecular complexity index is 799. The highest BCUT2D eigenvalue weighted by Gasteiger charge is 2.18. The fraction of sp³-hybridized carbons (Fsp3) is 0.478. The second-order valence-electron chi connectivity index (χ2n) is 8.21. The van der Waals surface area contributed by atoms with Gasteiger partial charge in [0.1, 0.15) is 17.7 Å². The lowest BCUT2D eigenvalue weighted by Crippen LogP contribution is -2.43. The number of nitrogens with one attached hydrogen (secondary N) is 1. The van der Waals surface area contributed by atoms with Crippen LogP contribution in [0.4, 0.5) is 5.69 Å². The van der Waals surface area contributed by atoms with E-state index in [9.17, 15) is 5.11 Å². The van der Waals surface area contributed by atoms with Crippen LogP contribution in [0.1, 0.15) is 42.6 Å². The molecule has 0 amide bonds. The number of methoxy groups -OCH3 is 1. The van der Waals surface area contributed by atoms with Crippen molar-refractivity contribution in [2.24, 2.45) is 5.73 Å². The summed E-state index contributed by atoms with van der Waals surface area (Å²) in [7, 11) is 3.79. The van der Waals surface area contributed by atoms with Gasteiger partial charge in [-0.15, -0.1) is 0 Å². The molecule has 29 heavy (non-hydrogen) atoms. The van der Waals surface area contributed by atoms with Crippen LogP contribution in [0.2, 0.25) is 0 Å². The highest BCUT2D eigenvalue weighted by molar-refractivity contribution is 5.52. The van der Waals surface area contributed by atoms with Crippen LogP contribution >= 0.6 is 0 Å². The summed E-state index contributed by atoms with van der Waals surface area (Å²) in [6.45, 7) is 9.62. The number of piperazine rings is 1. The predicted octanol–water partition coefficient (Wildman–Crippen LogP) is 3.34. The van der Waals surface area contributed by atoms with Crippen molar-refractivity contribution in [2.75, 3.05) is 45.7 Å². The van der Waals surface area contributed by atoms with Crippen molar-refractivity contribution in [1.29, 1.82) is 0 Å². The number of likely N-dealkylation sites (N-methyl/N-ethyl adjacent to an activating group) is 1. The van der Waals surface area contributed by atoms with Gasteiger partial charge in [-0.25, -0.2) is 0 Å². The standard InChI is InChI=1S/C23H34N4O2/c1-16(2)19-13-20(21(28)14-22(19)29-4)23(24)25-18-7-5-17(6-8-18)15-27-11-9-26(3)10-12-27/h5-8,13-14,16,23,25,28H,9-12,15,24H2,1-4H3. The third-order valence-electron chi connectivity index (χ3n) is 5.61. The van der Waals surface area contributed by atoms with Crippen LogP contribution in [0.25, 0.3) is 0 Å². The zero-order valence-corrected chi connectivity index (χ0v) is 18.0. The lowest BCUT2D eigenvalue weighted by atomic mass is 9.97. The largest absolute Gasteiger partial charge is 0.507 e. The SMILES string of the molecule is COc1cc(O)c(C(N)Nc2ccc(CN3CCN(C)CC3)cc2)cc1C(C)C. The maximum atomic E-state index is 10.4. The number of ether oxygens (including phenoxy) is 1. The number of rotatable bonds is 7. The van der Waals surface area contributed by atoms with Crippen molar-refractivity contribution in [2.45, 2.75) is 32.5 Å². The van der Waals surface area contributed by atoms with Gasteiger partial charge in [-0.05, 0) is 42.3 Å². The number of hydrogen-bond acceptors (Lipinski definition) is 6. The summed E-state index contributed by atoms with van der Waals surface area (Å²) >= 11 is 0. The Labute approximate surface area is 174 Å². The summed E-state index contributed by atoms with van der Waals surface area (Å²) in [6.07, 6.45) is -0.512. The third-order valence-corrected chi connectivity index (χ3v) is 5.61. The molecule has 6 heteroatoms. The number of hydrogen-bond donors (Lipinski definition) is 3. The fourth-order valence-corrected chi connectivity index (χ4v) is 3.71. The number of nitrogens with two attached hydrogens (primary N) is 1. The number of benzene rings is 2. The highest BCUT2D eigenvalue weighted by atomic mass is 16.5. The number of phenols is 1. The average molecular weight is 399 g/mol. The van der Waals surface area contributed by atoms with Gasteiger partial charge in [0, 0.05) is 50.0 Å². The topological polar surface area (TPSA) is 74.0 Å². The minimum absolute atomic E-state index is 0.137. The maximum Gasteiger partial charge on any atom is 0.126 e. The molecule has 0 aromatic heterocycles. The predicted molar refractivity (Wildman–Crippen MR) is 119 cm³/mol. The van der Waals surface area contributed by atoms with E-state index in [0.717, 1.165) is 44.0 Å². The molecule has 0 radical (unpaired) electrons. The van der Waals surface area contributed by atoms with Crippen molar-refractivity contribution < 1.29 is 9.84 Å². The van der Waals surface area contributed by atoms with E-state index in [1.165, 1.54) is 5.56 Å². The van der Waals surface area contributed by atoms with E-state index in [2.05, 4.69) is 60.3 Å². The van der Waals surface area contributed by atoms with Gasteiger partial charge in [0.2, 0.25) is 0 Å². The molecule has 0 aliphatic carbocycles. The molecule has 0 spiro atoms. The smallest absolute Gasteiger partial charge is 0.126 e. The summed E-state index contributed by atoms with van der Waals surface area (Å²) in [5.74, 6) is 1.09. The molecule has 1 heterocycles. The molecule has 1 fully saturated rings. The second kappa shape index (κ2) is 9.48. The molecule has 0 bridgehead atoms. The minimum atomic E-state index is -0.512. The number of phenolic OH excluding ortho intramolecular Hbond substituents is 1. The van der Waals surface area contributed by atoms with Gasteiger partial charge in [0.15, 0.2) is 0 Å². The monoisotopic (exact) mass is 398 g/mol. The molecule has 4 N–H and O–H groups in total. The number of nitrogens with zero attached hydrogens (tertiary/aromatic N) is 2. The molecular formula is C23H34N4O2. The van der Waals surface area contributed by atoms with Crippen LogP contribution in [-0.4, -0.2) is 55.2 Å². The van der Waals surface area contributed by atoms with E-state index in [0.29, 0.717) is 11.3 Å². The quantitative estimate of drug-likeness (QED) is 0.621. The van der Waals surface area contributed by atoms with Gasteiger partial charge in [-0.1, -0.05) is 26.0 Å². The van der Waals surface area contributed by atoms with Gasteiger partial charge in [0.05, 0.1) is 7.11 Å². The lowest BCUT2D eigenvalue weighted by molar-refractivity contribution is 0.148. The molecule has 1 aliphatic rings. The lowest BCUT2D eigenvalue weighted by Gasteiger charge is -2.32. The van der Waals surface area contributed by atoms with Crippen LogP contribution in [0.15, 0.2) is 36.4 Å². The Hall–Kier alpha value is -2.28. The first kappa shape index (κ1) is 21.4. The number of anilines is 1. The Morgan fingerprint density at radius 3 is 2.31 bits per heavy atom. The summed E-state index contributed by atoms with van der Waals surface area (Å²) in [5.41, 5.74) is 10.3. The molecule has 0 saturated carbocycles. The maximum absolute atomic E-state index is 10.4. The Kier molecular flexibility index (Phi) is 7.00. The summed E-state index contributed by atoms with van der Waals surface area (Å²) in [5, 5.41) is 13.7. The molecule has 2 aromatic carbocycles.